The minimum Gasteiger partial charge on any atom is -0.326 e. The average molecular weight is 393 g/mol. The summed E-state index contributed by atoms with van der Waals surface area (Å²) in [5.41, 5.74) is 0.651. The Hall–Kier alpha value is -1.98. The van der Waals surface area contributed by atoms with Gasteiger partial charge < -0.3 is 5.32 Å². The number of hydrogen-bond donors (Lipinski definition) is 2. The molecule has 3 rings (SSSR count). The number of allylic oxidation sites excluding steroid dienone is 1. The summed E-state index contributed by atoms with van der Waals surface area (Å²) in [5, 5.41) is 16.0. The van der Waals surface area contributed by atoms with Crippen molar-refractivity contribution < 1.29 is 13.6 Å². The van der Waals surface area contributed by atoms with Gasteiger partial charge in [0.2, 0.25) is 0 Å². The summed E-state index contributed by atoms with van der Waals surface area (Å²) in [7, 11) is 0. The van der Waals surface area contributed by atoms with Crippen LogP contribution in [0.2, 0.25) is 0 Å². The Morgan fingerprint density at radius 1 is 1.23 bits per heavy atom. The van der Waals surface area contributed by atoms with E-state index in [-0.39, 0.29) is 16.6 Å². The number of fused-ring (bicyclic) bond motifs is 1. The maximum atomic E-state index is 13.3. The van der Waals surface area contributed by atoms with Crippen molar-refractivity contribution in [3.8, 4) is 6.07 Å². The third-order valence-electron chi connectivity index (χ3n) is 4.59. The van der Waals surface area contributed by atoms with Crippen molar-refractivity contribution in [2.45, 2.75) is 37.4 Å². The molecule has 0 bridgehead atoms. The first-order valence-electron chi connectivity index (χ1n) is 8.38. The van der Waals surface area contributed by atoms with Gasteiger partial charge in [0.25, 0.3) is 5.91 Å². The van der Waals surface area contributed by atoms with Gasteiger partial charge in [0, 0.05) is 16.7 Å². The van der Waals surface area contributed by atoms with Gasteiger partial charge >= 0.3 is 0 Å². The van der Waals surface area contributed by atoms with Crippen LogP contribution in [0.25, 0.3) is 0 Å². The van der Waals surface area contributed by atoms with Crippen molar-refractivity contribution in [2.24, 2.45) is 5.92 Å². The molecular weight excluding hydrogens is 376 g/mol. The monoisotopic (exact) mass is 393 g/mol. The zero-order valence-corrected chi connectivity index (χ0v) is 15.5. The Morgan fingerprint density at radius 3 is 2.73 bits per heavy atom. The molecule has 4 nitrogen and oxygen atoms in total. The third kappa shape index (κ3) is 4.05. The highest BCUT2D eigenvalue weighted by molar-refractivity contribution is 8.04. The van der Waals surface area contributed by atoms with Crippen LogP contribution in [0.4, 0.5) is 8.78 Å². The fraction of sp³-hybridized carbons (Fsp3) is 0.389. The molecule has 26 heavy (non-hydrogen) atoms. The van der Waals surface area contributed by atoms with E-state index >= 15 is 0 Å². The zero-order chi connectivity index (χ0) is 18.7. The summed E-state index contributed by atoms with van der Waals surface area (Å²) in [5.74, 6) is -2.54. The van der Waals surface area contributed by atoms with Crippen molar-refractivity contribution >= 4 is 35.0 Å². The second kappa shape index (κ2) is 8.14. The van der Waals surface area contributed by atoms with E-state index in [9.17, 15) is 18.8 Å². The molecule has 1 fully saturated rings. The highest BCUT2D eigenvalue weighted by Gasteiger charge is 2.36. The summed E-state index contributed by atoms with van der Waals surface area (Å²) in [6, 6.07) is 5.16. The number of rotatable bonds is 2. The minimum atomic E-state index is -1.10. The van der Waals surface area contributed by atoms with Gasteiger partial charge in [-0.3, -0.25) is 10.1 Å². The van der Waals surface area contributed by atoms with Crippen LogP contribution in [0.5, 0.6) is 0 Å². The van der Waals surface area contributed by atoms with Gasteiger partial charge in [-0.1, -0.05) is 19.3 Å². The van der Waals surface area contributed by atoms with E-state index in [0.717, 1.165) is 37.8 Å². The largest absolute Gasteiger partial charge is 0.326 e. The number of halogens is 2. The van der Waals surface area contributed by atoms with E-state index in [2.05, 4.69) is 16.7 Å². The maximum absolute atomic E-state index is 13.3. The van der Waals surface area contributed by atoms with Gasteiger partial charge in [0.1, 0.15) is 0 Å². The van der Waals surface area contributed by atoms with Gasteiger partial charge in [-0.2, -0.15) is 5.26 Å². The van der Waals surface area contributed by atoms with Crippen LogP contribution in [0, 0.1) is 28.9 Å². The highest BCUT2D eigenvalue weighted by atomic mass is 32.2. The molecule has 1 heterocycles. The third-order valence-corrected chi connectivity index (χ3v) is 6.22. The fourth-order valence-corrected chi connectivity index (χ4v) is 5.07. The maximum Gasteiger partial charge on any atom is 0.257 e. The average Bonchev–Trinajstić information content (AvgIpc) is 2.77. The first-order valence-corrected chi connectivity index (χ1v) is 9.66. The van der Waals surface area contributed by atoms with Gasteiger partial charge in [-0.15, -0.1) is 11.8 Å². The van der Waals surface area contributed by atoms with Crippen LogP contribution in [-0.4, -0.2) is 16.3 Å². The van der Waals surface area contributed by atoms with Crippen LogP contribution in [-0.2, 0) is 0 Å². The highest BCUT2D eigenvalue weighted by Crippen LogP contribution is 2.46. The molecule has 8 heteroatoms. The second-order valence-electron chi connectivity index (χ2n) is 6.29. The smallest absolute Gasteiger partial charge is 0.257 e. The molecule has 0 saturated heterocycles. The zero-order valence-electron chi connectivity index (χ0n) is 13.9. The molecule has 1 aliphatic heterocycles. The van der Waals surface area contributed by atoms with Crippen molar-refractivity contribution in [1.82, 2.24) is 10.6 Å². The molecule has 1 saturated carbocycles. The van der Waals surface area contributed by atoms with Crippen LogP contribution >= 0.6 is 24.0 Å². The summed E-state index contributed by atoms with van der Waals surface area (Å²) >= 11 is 6.74. The van der Waals surface area contributed by atoms with E-state index < -0.39 is 17.5 Å². The van der Waals surface area contributed by atoms with E-state index in [1.165, 1.54) is 12.5 Å². The standard InChI is InChI=1S/C18H17F2N3OS2/c19-13-7-6-10(8-14(13)20)16(24)22-18(25)23-17-12(9-21)11-4-2-1-3-5-15(11)26-17/h6-8,11,15H,1-5H2,(H2,22,23,24,25). The molecule has 1 aliphatic carbocycles. The Labute approximate surface area is 160 Å². The summed E-state index contributed by atoms with van der Waals surface area (Å²) in [6.07, 6.45) is 5.49. The number of benzene rings is 1. The Bertz CT molecular complexity index is 819. The number of thiocarbonyl (C=S) groups is 1. The molecular formula is C18H17F2N3OS2. The first kappa shape index (κ1) is 18.8. The number of carbonyl (C=O) groups excluding carboxylic acids is 1. The van der Waals surface area contributed by atoms with E-state index in [1.54, 1.807) is 11.8 Å². The van der Waals surface area contributed by atoms with Gasteiger partial charge in [0.05, 0.1) is 16.7 Å². The number of amides is 1. The summed E-state index contributed by atoms with van der Waals surface area (Å²) in [4.78, 5) is 12.1. The Balaban J connectivity index is 1.67. The predicted octanol–water partition coefficient (Wildman–Crippen LogP) is 4.00. The molecule has 0 spiro atoms. The molecule has 1 aromatic rings. The van der Waals surface area contributed by atoms with Crippen molar-refractivity contribution in [3.63, 3.8) is 0 Å². The quantitative estimate of drug-likeness (QED) is 0.744. The molecule has 0 aromatic heterocycles. The lowest BCUT2D eigenvalue weighted by Crippen LogP contribution is -2.38. The lowest BCUT2D eigenvalue weighted by molar-refractivity contribution is 0.0976. The lowest BCUT2D eigenvalue weighted by atomic mass is 9.93. The van der Waals surface area contributed by atoms with Crippen LogP contribution in [0.3, 0.4) is 0 Å². The molecule has 0 radical (unpaired) electrons. The van der Waals surface area contributed by atoms with Crippen molar-refractivity contribution in [3.05, 3.63) is 46.0 Å². The number of nitrogens with one attached hydrogen (secondary N) is 2. The topological polar surface area (TPSA) is 64.9 Å². The number of carbonyl (C=O) groups is 1. The van der Waals surface area contributed by atoms with Crippen LogP contribution < -0.4 is 10.6 Å². The molecule has 2 N–H and O–H groups in total. The number of hydrogen-bond acceptors (Lipinski definition) is 4. The van der Waals surface area contributed by atoms with Crippen molar-refractivity contribution in [1.29, 1.82) is 5.26 Å². The molecule has 2 aliphatic rings. The molecule has 1 amide bonds. The minimum absolute atomic E-state index is 0.0337. The van der Waals surface area contributed by atoms with Crippen LogP contribution in [0.1, 0.15) is 42.5 Å². The molecule has 2 unspecified atom stereocenters. The summed E-state index contributed by atoms with van der Waals surface area (Å²) in [6.45, 7) is 0. The normalized spacial score (nSPS) is 22.2. The van der Waals surface area contributed by atoms with Gasteiger partial charge in [0.15, 0.2) is 16.7 Å². The molecule has 1 aromatic carbocycles. The van der Waals surface area contributed by atoms with Gasteiger partial charge in [-0.05, 0) is 43.3 Å². The predicted molar refractivity (Wildman–Crippen MR) is 100 cm³/mol. The molecule has 136 valence electrons. The number of nitrogens with zero attached hydrogens (tertiary/aromatic N) is 1. The number of nitriles is 1. The van der Waals surface area contributed by atoms with E-state index in [0.29, 0.717) is 15.9 Å². The van der Waals surface area contributed by atoms with Gasteiger partial charge in [-0.25, -0.2) is 8.78 Å². The van der Waals surface area contributed by atoms with E-state index in [4.69, 9.17) is 12.2 Å². The Morgan fingerprint density at radius 2 is 2.00 bits per heavy atom. The Kier molecular flexibility index (Phi) is 5.89. The van der Waals surface area contributed by atoms with E-state index in [1.807, 2.05) is 0 Å². The molecule has 2 atom stereocenters. The first-order chi connectivity index (χ1) is 12.5. The number of thioether (sulfide) groups is 1. The lowest BCUT2D eigenvalue weighted by Gasteiger charge is -2.14. The second-order valence-corrected chi connectivity index (χ2v) is 7.95. The SMILES string of the molecule is N#CC1=C(NC(=S)NC(=O)c2ccc(F)c(F)c2)SC2CCCCCC12. The fourth-order valence-electron chi connectivity index (χ4n) is 3.31. The van der Waals surface area contributed by atoms with Crippen molar-refractivity contribution in [2.75, 3.05) is 0 Å². The summed E-state index contributed by atoms with van der Waals surface area (Å²) < 4.78 is 26.2. The van der Waals surface area contributed by atoms with Crippen LogP contribution in [0.15, 0.2) is 28.8 Å².